The largest absolute Gasteiger partial charge is 0.368 e. The van der Waals surface area contributed by atoms with Gasteiger partial charge in [-0.05, 0) is 18.9 Å². The molecule has 6 heteroatoms. The molecule has 1 amide bonds. The van der Waals surface area contributed by atoms with Crippen molar-refractivity contribution < 1.29 is 9.18 Å². The molecule has 0 bridgehead atoms. The Bertz CT molecular complexity index is 525. The van der Waals surface area contributed by atoms with Crippen LogP contribution in [-0.4, -0.2) is 35.4 Å². The van der Waals surface area contributed by atoms with Crippen LogP contribution in [0.4, 0.5) is 10.2 Å². The number of amides is 1. The number of carbonyl (C=O) groups is 1. The molecule has 0 aliphatic carbocycles. The Morgan fingerprint density at radius 1 is 1.57 bits per heavy atom. The summed E-state index contributed by atoms with van der Waals surface area (Å²) in [6, 6.07) is 3.38. The van der Waals surface area contributed by atoms with E-state index in [4.69, 9.17) is 5.26 Å². The number of nitrogens with zero attached hydrogens (tertiary/aromatic N) is 3. The van der Waals surface area contributed by atoms with Gasteiger partial charge in [-0.2, -0.15) is 5.26 Å². The lowest BCUT2D eigenvalue weighted by Crippen LogP contribution is -2.35. The number of rotatable bonds is 7. The molecule has 0 aliphatic rings. The molecule has 0 aliphatic heterocycles. The fourth-order valence-electron chi connectivity index (χ4n) is 1.97. The molecule has 1 aromatic rings. The Hall–Kier alpha value is -2.16. The van der Waals surface area contributed by atoms with E-state index in [9.17, 15) is 9.18 Å². The number of anilines is 1. The fourth-order valence-corrected chi connectivity index (χ4v) is 1.97. The normalized spacial score (nSPS) is 10.3. The average Bonchev–Trinajstić information content (AvgIpc) is 2.45. The van der Waals surface area contributed by atoms with E-state index in [1.54, 1.807) is 0 Å². The lowest BCUT2D eigenvalue weighted by molar-refractivity contribution is 0.0735. The molecule has 5 nitrogen and oxygen atoms in total. The Balaban J connectivity index is 3.02. The second kappa shape index (κ2) is 8.20. The van der Waals surface area contributed by atoms with Gasteiger partial charge in [0.1, 0.15) is 0 Å². The van der Waals surface area contributed by atoms with Crippen LogP contribution in [0.3, 0.4) is 0 Å². The van der Waals surface area contributed by atoms with Gasteiger partial charge < -0.3 is 10.2 Å². The van der Waals surface area contributed by atoms with Crippen LogP contribution in [0.2, 0.25) is 0 Å². The van der Waals surface area contributed by atoms with Crippen LogP contribution in [0.5, 0.6) is 0 Å². The summed E-state index contributed by atoms with van der Waals surface area (Å²) in [5.41, 5.74) is -0.0143. The second-order valence-electron chi connectivity index (χ2n) is 5.10. The Kier molecular flexibility index (Phi) is 6.60. The minimum Gasteiger partial charge on any atom is -0.368 e. The highest BCUT2D eigenvalue weighted by Crippen LogP contribution is 2.17. The molecule has 0 aromatic carbocycles. The Morgan fingerprint density at radius 3 is 2.86 bits per heavy atom. The molecule has 21 heavy (non-hydrogen) atoms. The summed E-state index contributed by atoms with van der Waals surface area (Å²) in [4.78, 5) is 17.9. The molecule has 0 radical (unpaired) electrons. The zero-order valence-corrected chi connectivity index (χ0v) is 12.7. The highest BCUT2D eigenvalue weighted by Gasteiger charge is 2.22. The summed E-state index contributed by atoms with van der Waals surface area (Å²) in [7, 11) is 0. The van der Waals surface area contributed by atoms with Crippen LogP contribution < -0.4 is 5.32 Å². The van der Waals surface area contributed by atoms with E-state index in [2.05, 4.69) is 10.3 Å². The predicted octanol–water partition coefficient (Wildman–Crippen LogP) is 2.66. The third kappa shape index (κ3) is 4.71. The van der Waals surface area contributed by atoms with Gasteiger partial charge in [0.25, 0.3) is 5.91 Å². The van der Waals surface area contributed by atoms with E-state index in [0.717, 1.165) is 0 Å². The second-order valence-corrected chi connectivity index (χ2v) is 5.10. The van der Waals surface area contributed by atoms with Gasteiger partial charge in [0.05, 0.1) is 18.1 Å². The van der Waals surface area contributed by atoms with Gasteiger partial charge in [0, 0.05) is 25.8 Å². The van der Waals surface area contributed by atoms with Crippen LogP contribution in [0.25, 0.3) is 0 Å². The van der Waals surface area contributed by atoms with Gasteiger partial charge in [-0.3, -0.25) is 4.79 Å². The lowest BCUT2D eigenvalue weighted by atomic mass is 10.1. The Labute approximate surface area is 124 Å². The van der Waals surface area contributed by atoms with Crippen molar-refractivity contribution in [3.8, 4) is 6.07 Å². The molecule has 0 saturated heterocycles. The van der Waals surface area contributed by atoms with Gasteiger partial charge in [-0.1, -0.05) is 13.8 Å². The molecule has 1 aromatic heterocycles. The maximum absolute atomic E-state index is 14.3. The number of pyridine rings is 1. The van der Waals surface area contributed by atoms with E-state index in [0.29, 0.717) is 19.6 Å². The van der Waals surface area contributed by atoms with Gasteiger partial charge in [0.15, 0.2) is 11.6 Å². The van der Waals surface area contributed by atoms with E-state index in [-0.39, 0.29) is 23.7 Å². The summed E-state index contributed by atoms with van der Waals surface area (Å²) in [6.07, 6.45) is 1.64. The van der Waals surface area contributed by atoms with Crippen molar-refractivity contribution in [2.45, 2.75) is 27.2 Å². The van der Waals surface area contributed by atoms with E-state index in [1.807, 2.05) is 26.8 Å². The molecule has 0 saturated carbocycles. The van der Waals surface area contributed by atoms with Crippen molar-refractivity contribution in [3.63, 3.8) is 0 Å². The number of hydrogen-bond donors (Lipinski definition) is 1. The van der Waals surface area contributed by atoms with Crippen LogP contribution in [0.1, 0.15) is 37.6 Å². The number of nitrogens with one attached hydrogen (secondary N) is 1. The van der Waals surface area contributed by atoms with Gasteiger partial charge in [0.2, 0.25) is 0 Å². The summed E-state index contributed by atoms with van der Waals surface area (Å²) in [6.45, 7) is 7.07. The minimum absolute atomic E-state index is 0.0143. The summed E-state index contributed by atoms with van der Waals surface area (Å²) in [5, 5.41) is 11.5. The van der Waals surface area contributed by atoms with Crippen LogP contribution in [0.15, 0.2) is 12.3 Å². The number of halogens is 1. The number of hydrogen-bond acceptors (Lipinski definition) is 4. The topological polar surface area (TPSA) is 69.0 Å². The fraction of sp³-hybridized carbons (Fsp3) is 0.533. The van der Waals surface area contributed by atoms with Gasteiger partial charge >= 0.3 is 0 Å². The summed E-state index contributed by atoms with van der Waals surface area (Å²) in [5.74, 6) is -0.730. The molecule has 0 unspecified atom stereocenters. The molecule has 114 valence electrons. The molecular weight excluding hydrogens is 271 g/mol. The molecule has 0 atom stereocenters. The van der Waals surface area contributed by atoms with Crippen molar-refractivity contribution >= 4 is 11.7 Å². The maximum Gasteiger partial charge on any atom is 0.257 e. The van der Waals surface area contributed by atoms with Crippen molar-refractivity contribution in [3.05, 3.63) is 23.6 Å². The van der Waals surface area contributed by atoms with Crippen LogP contribution in [0, 0.1) is 23.1 Å². The van der Waals surface area contributed by atoms with Gasteiger partial charge in [-0.15, -0.1) is 0 Å². The first-order valence-electron chi connectivity index (χ1n) is 7.05. The first-order valence-corrected chi connectivity index (χ1v) is 7.05. The lowest BCUT2D eigenvalue weighted by Gasteiger charge is -2.24. The molecule has 1 heterocycles. The van der Waals surface area contributed by atoms with Gasteiger partial charge in [-0.25, -0.2) is 9.37 Å². The third-order valence-electron chi connectivity index (χ3n) is 2.83. The molecule has 0 spiro atoms. The molecule has 1 N–H and O–H groups in total. The molecular formula is C15H21FN4O. The average molecular weight is 292 g/mol. The smallest absolute Gasteiger partial charge is 0.257 e. The minimum atomic E-state index is -0.643. The molecule has 1 rings (SSSR count). The number of nitriles is 1. The van der Waals surface area contributed by atoms with Crippen molar-refractivity contribution in [2.24, 2.45) is 5.92 Å². The number of carbonyl (C=O) groups excluding carboxylic acids is 1. The number of aromatic nitrogens is 1. The first-order chi connectivity index (χ1) is 10.0. The SMILES string of the molecule is CCNc1nccc(C(=O)N(CCC#N)CC(C)C)c1F. The van der Waals surface area contributed by atoms with Crippen molar-refractivity contribution in [1.29, 1.82) is 5.26 Å². The van der Waals surface area contributed by atoms with Crippen LogP contribution >= 0.6 is 0 Å². The van der Waals surface area contributed by atoms with Crippen molar-refractivity contribution in [1.82, 2.24) is 9.88 Å². The highest BCUT2D eigenvalue weighted by atomic mass is 19.1. The standard InChI is InChI=1S/C15H21FN4O/c1-4-18-14-13(16)12(6-8-19-14)15(21)20(9-5-7-17)10-11(2)3/h6,8,11H,4-5,9-10H2,1-3H3,(H,18,19). The maximum atomic E-state index is 14.3. The Morgan fingerprint density at radius 2 is 2.29 bits per heavy atom. The first kappa shape index (κ1) is 16.9. The summed E-state index contributed by atoms with van der Waals surface area (Å²) >= 11 is 0. The van der Waals surface area contributed by atoms with E-state index < -0.39 is 11.7 Å². The van der Waals surface area contributed by atoms with E-state index >= 15 is 0 Å². The molecule has 0 fully saturated rings. The zero-order chi connectivity index (χ0) is 15.8. The quantitative estimate of drug-likeness (QED) is 0.839. The summed E-state index contributed by atoms with van der Waals surface area (Å²) < 4.78 is 14.3. The zero-order valence-electron chi connectivity index (χ0n) is 12.7. The third-order valence-corrected chi connectivity index (χ3v) is 2.83. The predicted molar refractivity (Wildman–Crippen MR) is 79.3 cm³/mol. The van der Waals surface area contributed by atoms with Crippen LogP contribution in [-0.2, 0) is 0 Å². The van der Waals surface area contributed by atoms with E-state index in [1.165, 1.54) is 17.2 Å². The van der Waals surface area contributed by atoms with Crippen molar-refractivity contribution in [2.75, 3.05) is 25.0 Å². The monoisotopic (exact) mass is 292 g/mol. The highest BCUT2D eigenvalue weighted by molar-refractivity contribution is 5.95.